The number of rotatable bonds is 6. The van der Waals surface area contributed by atoms with E-state index in [1.165, 1.54) is 0 Å². The summed E-state index contributed by atoms with van der Waals surface area (Å²) in [5, 5.41) is 10.4. The van der Waals surface area contributed by atoms with E-state index < -0.39 is 5.92 Å². The van der Waals surface area contributed by atoms with Crippen LogP contribution in [0.25, 0.3) is 22.3 Å². The maximum Gasteiger partial charge on any atom is 0.258 e. The number of piperazine rings is 1. The summed E-state index contributed by atoms with van der Waals surface area (Å²) in [6.07, 6.45) is 6.08. The zero-order valence-electron chi connectivity index (χ0n) is 38.5. The van der Waals surface area contributed by atoms with E-state index in [4.69, 9.17) is 24.4 Å². The van der Waals surface area contributed by atoms with E-state index in [1.807, 2.05) is 46.0 Å². The number of amides is 3. The molecule has 4 bridgehead atoms. The molecule has 65 heavy (non-hydrogen) atoms. The number of anilines is 3. The predicted molar refractivity (Wildman–Crippen MR) is 249 cm³/mol. The minimum absolute atomic E-state index is 0.210. The highest BCUT2D eigenvalue weighted by molar-refractivity contribution is 6.05. The molecular weight excluding hydrogens is 823 g/mol. The van der Waals surface area contributed by atoms with Gasteiger partial charge >= 0.3 is 0 Å². The number of hydrogen-bond acceptors (Lipinski definition) is 12. The zero-order valence-corrected chi connectivity index (χ0v) is 38.5. The van der Waals surface area contributed by atoms with Gasteiger partial charge in [-0.2, -0.15) is 5.10 Å². The van der Waals surface area contributed by atoms with Gasteiger partial charge in [-0.1, -0.05) is 0 Å². The molecule has 1 unspecified atom stereocenters. The van der Waals surface area contributed by atoms with Gasteiger partial charge in [0.2, 0.25) is 23.6 Å². The Morgan fingerprint density at radius 3 is 2.43 bits per heavy atom. The highest BCUT2D eigenvalue weighted by atomic mass is 16.5. The summed E-state index contributed by atoms with van der Waals surface area (Å²) in [6.45, 7) is 14.5. The third-order valence-corrected chi connectivity index (χ3v) is 14.6. The fraction of sp³-hybridized carbons (Fsp3) is 0.531. The standard InChI is InChI=1S/C49H61N11O5/c1-28-19-40(38-10-12-43(61)53-47(38)63)51-31(4)45(28)57-15-13-35(14-16-57)59-18-17-58(25-37(59)27-64-6)36-9-11-39-42(23-36)60-24-32-7-8-33(21-32)26-65-48-44(30(3)55-56(48)5)41-22-34(20-29(2)50-41)46(62)54-49(60)52-39/h9,11,19-20,22-23,32-33,35,37-38H,7-8,10,12-18,21,24-27H2,1-6H3,(H,52,54,62)(H,53,61,63)/t32-,33+,37-,38?/m1/s1. The van der Waals surface area contributed by atoms with Crippen LogP contribution in [0.4, 0.5) is 17.3 Å². The molecule has 3 amide bonds. The molecule has 5 aliphatic rings. The molecule has 4 atom stereocenters. The van der Waals surface area contributed by atoms with E-state index in [0.29, 0.717) is 67.0 Å². The minimum atomic E-state index is -0.390. The third-order valence-electron chi connectivity index (χ3n) is 14.6. The molecule has 2 N–H and O–H groups in total. The normalized spacial score (nSPS) is 23.4. The van der Waals surface area contributed by atoms with Crippen molar-refractivity contribution in [2.24, 2.45) is 18.9 Å². The summed E-state index contributed by atoms with van der Waals surface area (Å²) in [7, 11) is 3.70. The van der Waals surface area contributed by atoms with Crippen molar-refractivity contribution in [3.8, 4) is 17.1 Å². The summed E-state index contributed by atoms with van der Waals surface area (Å²) in [4.78, 5) is 61.0. The maximum atomic E-state index is 14.2. The first-order valence-electron chi connectivity index (χ1n) is 23.4. The number of piperidine rings is 2. The van der Waals surface area contributed by atoms with Crippen LogP contribution in [-0.2, 0) is 27.9 Å². The third kappa shape index (κ3) is 8.35. The number of ether oxygens (including phenoxy) is 2. The first kappa shape index (κ1) is 43.0. The predicted octanol–water partition coefficient (Wildman–Crippen LogP) is 5.85. The van der Waals surface area contributed by atoms with Gasteiger partial charge in [0.25, 0.3) is 5.91 Å². The lowest BCUT2D eigenvalue weighted by Crippen LogP contribution is -2.60. The van der Waals surface area contributed by atoms with Crippen molar-refractivity contribution in [3.63, 3.8) is 0 Å². The van der Waals surface area contributed by atoms with Crippen LogP contribution in [0.3, 0.4) is 0 Å². The molecule has 16 nitrogen and oxygen atoms in total. The Kier molecular flexibility index (Phi) is 11.6. The lowest BCUT2D eigenvalue weighted by molar-refractivity contribution is -0.134. The number of methoxy groups -OCH3 is 1. The number of pyridine rings is 2. The van der Waals surface area contributed by atoms with Gasteiger partial charge in [-0.15, -0.1) is 0 Å². The van der Waals surface area contributed by atoms with Crippen LogP contribution in [0.1, 0.15) is 89.6 Å². The number of imidazole rings is 1. The summed E-state index contributed by atoms with van der Waals surface area (Å²) >= 11 is 0. The van der Waals surface area contributed by atoms with Crippen molar-refractivity contribution in [2.75, 3.05) is 68.2 Å². The molecule has 4 aliphatic heterocycles. The lowest BCUT2D eigenvalue weighted by atomic mass is 9.92. The van der Waals surface area contributed by atoms with Gasteiger partial charge in [0.15, 0.2) is 0 Å². The van der Waals surface area contributed by atoms with Crippen LogP contribution in [0, 0.1) is 39.5 Å². The first-order chi connectivity index (χ1) is 31.4. The Morgan fingerprint density at radius 2 is 1.65 bits per heavy atom. The Hall–Kier alpha value is -5.87. The number of benzene rings is 1. The highest BCUT2D eigenvalue weighted by Gasteiger charge is 2.36. The van der Waals surface area contributed by atoms with Crippen LogP contribution in [0.2, 0.25) is 0 Å². The number of nitrogens with zero attached hydrogens (tertiary/aromatic N) is 9. The maximum absolute atomic E-state index is 14.2. The molecule has 8 heterocycles. The number of aryl methyl sites for hydroxylation is 5. The van der Waals surface area contributed by atoms with Crippen LogP contribution < -0.4 is 25.2 Å². The van der Waals surface area contributed by atoms with E-state index in [0.717, 1.165) is 128 Å². The van der Waals surface area contributed by atoms with Crippen molar-refractivity contribution in [2.45, 2.75) is 97.2 Å². The number of nitrogens with one attached hydrogen (secondary N) is 2. The second-order valence-corrected chi connectivity index (χ2v) is 19.1. The van der Waals surface area contributed by atoms with Crippen molar-refractivity contribution in [1.82, 2.24) is 39.5 Å². The van der Waals surface area contributed by atoms with Gasteiger partial charge in [-0.25, -0.2) is 9.67 Å². The van der Waals surface area contributed by atoms with Crippen molar-refractivity contribution in [3.05, 3.63) is 70.3 Å². The topological polar surface area (TPSA) is 165 Å². The monoisotopic (exact) mass is 883 g/mol. The van der Waals surface area contributed by atoms with Gasteiger partial charge in [-0.05, 0) is 120 Å². The van der Waals surface area contributed by atoms with Gasteiger partial charge in [-0.3, -0.25) is 39.9 Å². The van der Waals surface area contributed by atoms with Crippen LogP contribution in [0.15, 0.2) is 36.4 Å². The Bertz CT molecular complexity index is 2640. The summed E-state index contributed by atoms with van der Waals surface area (Å²) in [5.41, 5.74) is 10.5. The largest absolute Gasteiger partial charge is 0.477 e. The Morgan fingerprint density at radius 1 is 0.831 bits per heavy atom. The summed E-state index contributed by atoms with van der Waals surface area (Å²) in [6, 6.07) is 12.9. The summed E-state index contributed by atoms with van der Waals surface area (Å²) in [5.74, 6) is 0.978. The number of carbonyl (C=O) groups is 3. The molecule has 0 radical (unpaired) electrons. The molecule has 5 aromatic rings. The average molecular weight is 884 g/mol. The van der Waals surface area contributed by atoms with E-state index in [1.54, 1.807) is 11.8 Å². The molecular formula is C49H61N11O5. The molecule has 1 saturated carbocycles. The Labute approximate surface area is 380 Å². The van der Waals surface area contributed by atoms with E-state index >= 15 is 0 Å². The zero-order chi connectivity index (χ0) is 45.1. The molecule has 342 valence electrons. The van der Waals surface area contributed by atoms with E-state index in [2.05, 4.69) is 60.1 Å². The van der Waals surface area contributed by atoms with Crippen LogP contribution in [0.5, 0.6) is 5.88 Å². The van der Waals surface area contributed by atoms with Gasteiger partial charge in [0, 0.05) is 82.8 Å². The van der Waals surface area contributed by atoms with Crippen molar-refractivity contribution >= 4 is 46.1 Å². The highest BCUT2D eigenvalue weighted by Crippen LogP contribution is 2.39. The molecule has 1 aliphatic carbocycles. The fourth-order valence-electron chi connectivity index (χ4n) is 11.6. The molecule has 4 fully saturated rings. The van der Waals surface area contributed by atoms with Crippen molar-refractivity contribution in [1.29, 1.82) is 0 Å². The average Bonchev–Trinajstić information content (AvgIpc) is 3.96. The second-order valence-electron chi connectivity index (χ2n) is 19.1. The first-order valence-corrected chi connectivity index (χ1v) is 23.4. The number of imide groups is 1. The van der Waals surface area contributed by atoms with E-state index in [-0.39, 0.29) is 23.8 Å². The van der Waals surface area contributed by atoms with Gasteiger partial charge in [0.1, 0.15) is 0 Å². The van der Waals surface area contributed by atoms with Crippen LogP contribution >= 0.6 is 0 Å². The lowest BCUT2D eigenvalue weighted by Gasteiger charge is -2.48. The molecule has 10 rings (SSSR count). The molecule has 1 aromatic carbocycles. The van der Waals surface area contributed by atoms with Gasteiger partial charge < -0.3 is 23.8 Å². The quantitative estimate of drug-likeness (QED) is 0.196. The minimum Gasteiger partial charge on any atom is -0.477 e. The second kappa shape index (κ2) is 17.5. The SMILES string of the molecule is COC[C@H]1CN(c2ccc3nc4n(c3c2)C[C@@H]2CC[C@H](COc3c(c(C)nn3C)-c3cc(cc(C)n3)C(=O)N4)C2)CCN1C1CCN(c2c(C)cc(C3CCC(=O)NC3=O)nc2C)CC1. The van der Waals surface area contributed by atoms with Crippen molar-refractivity contribution < 1.29 is 23.9 Å². The number of aromatic nitrogens is 6. The summed E-state index contributed by atoms with van der Waals surface area (Å²) < 4.78 is 16.5. The number of fused-ring (bicyclic) bond motifs is 9. The molecule has 0 spiro atoms. The smallest absolute Gasteiger partial charge is 0.258 e. The Balaban J connectivity index is 0.866. The molecule has 3 saturated heterocycles. The van der Waals surface area contributed by atoms with E-state index in [9.17, 15) is 14.4 Å². The molecule has 4 aromatic heterocycles. The number of hydrogen-bond donors (Lipinski definition) is 2. The molecule has 16 heteroatoms. The van der Waals surface area contributed by atoms with Gasteiger partial charge in [0.05, 0.1) is 70.2 Å². The fourth-order valence-corrected chi connectivity index (χ4v) is 11.6. The number of carbonyl (C=O) groups excluding carboxylic acids is 3. The van der Waals surface area contributed by atoms with Crippen LogP contribution in [-0.4, -0.2) is 117 Å².